The van der Waals surface area contributed by atoms with Gasteiger partial charge >= 0.3 is 0 Å². The third kappa shape index (κ3) is 2.25. The van der Waals surface area contributed by atoms with Crippen LogP contribution in [0.4, 0.5) is 0 Å². The summed E-state index contributed by atoms with van der Waals surface area (Å²) in [7, 11) is 0. The van der Waals surface area contributed by atoms with Gasteiger partial charge in [0.15, 0.2) is 5.58 Å². The third-order valence-electron chi connectivity index (χ3n) is 4.61. The molecule has 0 saturated carbocycles. The number of para-hydroxylation sites is 1. The minimum atomic E-state index is -0.0567. The van der Waals surface area contributed by atoms with Crippen LogP contribution in [0.3, 0.4) is 0 Å². The van der Waals surface area contributed by atoms with Gasteiger partial charge in [0.1, 0.15) is 5.76 Å². The predicted octanol–water partition coefficient (Wildman–Crippen LogP) is 5.10. The molecule has 1 fully saturated rings. The molecular weight excluding hydrogens is 270 g/mol. The lowest BCUT2D eigenvalue weighted by molar-refractivity contribution is 0.192. The molecule has 3 heteroatoms. The molecule has 1 atom stereocenters. The summed E-state index contributed by atoms with van der Waals surface area (Å²) in [4.78, 5) is 0. The summed E-state index contributed by atoms with van der Waals surface area (Å²) in [5.41, 5.74) is 0.758. The standard InChI is InChI=1S/C17H22ClNO/c1-12(2)17(9-4-3-5-10-19-17)15-11-13-7-6-8-14(18)16(13)20-15/h6-8,11-12,19H,3-5,9-10H2,1-2H3. The molecule has 20 heavy (non-hydrogen) atoms. The van der Waals surface area contributed by atoms with Crippen LogP contribution in [-0.2, 0) is 5.54 Å². The van der Waals surface area contributed by atoms with E-state index in [9.17, 15) is 0 Å². The number of fused-ring (bicyclic) bond motifs is 1. The third-order valence-corrected chi connectivity index (χ3v) is 4.91. The van der Waals surface area contributed by atoms with Gasteiger partial charge in [-0.25, -0.2) is 0 Å². The second kappa shape index (κ2) is 5.42. The first-order valence-electron chi connectivity index (χ1n) is 7.57. The Morgan fingerprint density at radius 2 is 2.10 bits per heavy atom. The molecule has 0 amide bonds. The summed E-state index contributed by atoms with van der Waals surface area (Å²) in [5.74, 6) is 1.53. The summed E-state index contributed by atoms with van der Waals surface area (Å²) in [6.45, 7) is 5.60. The molecule has 1 N–H and O–H groups in total. The summed E-state index contributed by atoms with van der Waals surface area (Å²) in [6.07, 6.45) is 4.91. The lowest BCUT2D eigenvalue weighted by Crippen LogP contribution is -2.46. The van der Waals surface area contributed by atoms with Gasteiger partial charge < -0.3 is 9.73 Å². The molecule has 1 aromatic carbocycles. The Kier molecular flexibility index (Phi) is 3.78. The number of hydrogen-bond donors (Lipinski definition) is 1. The van der Waals surface area contributed by atoms with Crippen molar-refractivity contribution in [2.75, 3.05) is 6.54 Å². The SMILES string of the molecule is CC(C)C1(c2cc3cccc(Cl)c3o2)CCCCCN1. The molecule has 1 aromatic heterocycles. The normalized spacial score (nSPS) is 24.2. The number of nitrogens with one attached hydrogen (secondary N) is 1. The van der Waals surface area contributed by atoms with E-state index >= 15 is 0 Å². The van der Waals surface area contributed by atoms with Crippen LogP contribution < -0.4 is 5.32 Å². The van der Waals surface area contributed by atoms with Crippen LogP contribution in [-0.4, -0.2) is 6.54 Å². The average Bonchev–Trinajstić information content (AvgIpc) is 2.70. The molecule has 2 aromatic rings. The topological polar surface area (TPSA) is 25.2 Å². The van der Waals surface area contributed by atoms with Crippen LogP contribution in [0.15, 0.2) is 28.7 Å². The van der Waals surface area contributed by atoms with Crippen LogP contribution in [0.5, 0.6) is 0 Å². The van der Waals surface area contributed by atoms with Crippen LogP contribution in [0, 0.1) is 5.92 Å². The van der Waals surface area contributed by atoms with E-state index in [4.69, 9.17) is 16.0 Å². The Morgan fingerprint density at radius 1 is 1.25 bits per heavy atom. The Hall–Kier alpha value is -0.990. The Bertz CT molecular complexity index is 594. The van der Waals surface area contributed by atoms with Gasteiger partial charge in [-0.1, -0.05) is 50.4 Å². The minimum Gasteiger partial charge on any atom is -0.458 e. The number of hydrogen-bond acceptors (Lipinski definition) is 2. The first-order valence-corrected chi connectivity index (χ1v) is 7.95. The lowest BCUT2D eigenvalue weighted by Gasteiger charge is -2.36. The van der Waals surface area contributed by atoms with Gasteiger partial charge in [0.05, 0.1) is 10.6 Å². The van der Waals surface area contributed by atoms with Crippen molar-refractivity contribution in [3.63, 3.8) is 0 Å². The van der Waals surface area contributed by atoms with Gasteiger partial charge in [-0.3, -0.25) is 0 Å². The molecule has 0 aliphatic carbocycles. The maximum absolute atomic E-state index is 6.25. The lowest BCUT2D eigenvalue weighted by atomic mass is 9.80. The van der Waals surface area contributed by atoms with E-state index in [0.29, 0.717) is 10.9 Å². The minimum absolute atomic E-state index is 0.0567. The van der Waals surface area contributed by atoms with Crippen molar-refractivity contribution in [1.82, 2.24) is 5.32 Å². The molecule has 1 saturated heterocycles. The monoisotopic (exact) mass is 291 g/mol. The maximum Gasteiger partial charge on any atom is 0.152 e. The molecule has 0 spiro atoms. The van der Waals surface area contributed by atoms with Crippen LogP contribution >= 0.6 is 11.6 Å². The molecule has 2 nitrogen and oxygen atoms in total. The van der Waals surface area contributed by atoms with Gasteiger partial charge in [0, 0.05) is 5.39 Å². The smallest absolute Gasteiger partial charge is 0.152 e. The van der Waals surface area contributed by atoms with Gasteiger partial charge in [0.2, 0.25) is 0 Å². The fourth-order valence-electron chi connectivity index (χ4n) is 3.34. The summed E-state index contributed by atoms with van der Waals surface area (Å²) < 4.78 is 6.16. The van der Waals surface area contributed by atoms with Gasteiger partial charge in [-0.2, -0.15) is 0 Å². The van der Waals surface area contributed by atoms with Gasteiger partial charge in [0.25, 0.3) is 0 Å². The maximum atomic E-state index is 6.25. The van der Waals surface area contributed by atoms with E-state index in [1.165, 1.54) is 19.3 Å². The van der Waals surface area contributed by atoms with Gasteiger partial charge in [-0.05, 0) is 37.4 Å². The predicted molar refractivity (Wildman–Crippen MR) is 84.2 cm³/mol. The number of furan rings is 1. The average molecular weight is 292 g/mol. The number of benzene rings is 1. The van der Waals surface area contributed by atoms with Crippen molar-refractivity contribution in [2.24, 2.45) is 5.92 Å². The van der Waals surface area contributed by atoms with E-state index in [2.05, 4.69) is 31.3 Å². The highest BCUT2D eigenvalue weighted by Gasteiger charge is 2.39. The van der Waals surface area contributed by atoms with E-state index in [1.807, 2.05) is 12.1 Å². The summed E-state index contributed by atoms with van der Waals surface area (Å²) >= 11 is 6.25. The molecule has 1 unspecified atom stereocenters. The first-order chi connectivity index (χ1) is 9.63. The summed E-state index contributed by atoms with van der Waals surface area (Å²) in [5, 5.41) is 5.55. The van der Waals surface area contributed by atoms with E-state index in [0.717, 1.165) is 29.7 Å². The van der Waals surface area contributed by atoms with Crippen molar-refractivity contribution in [3.05, 3.63) is 35.0 Å². The zero-order valence-electron chi connectivity index (χ0n) is 12.2. The Labute approximate surface area is 125 Å². The second-order valence-electron chi connectivity index (χ2n) is 6.13. The fraction of sp³-hybridized carbons (Fsp3) is 0.529. The van der Waals surface area contributed by atoms with Crippen LogP contribution in [0.1, 0.15) is 45.3 Å². The molecule has 108 valence electrons. The molecular formula is C17H22ClNO. The highest BCUT2D eigenvalue weighted by molar-refractivity contribution is 6.34. The molecule has 0 bridgehead atoms. The highest BCUT2D eigenvalue weighted by Crippen LogP contribution is 2.40. The van der Waals surface area contributed by atoms with Crippen molar-refractivity contribution in [3.8, 4) is 0 Å². The van der Waals surface area contributed by atoms with Crippen molar-refractivity contribution >= 4 is 22.6 Å². The molecule has 2 heterocycles. The molecule has 0 radical (unpaired) electrons. The Balaban J connectivity index is 2.11. The number of halogens is 1. The largest absolute Gasteiger partial charge is 0.458 e. The van der Waals surface area contributed by atoms with E-state index < -0.39 is 0 Å². The van der Waals surface area contributed by atoms with E-state index in [-0.39, 0.29) is 5.54 Å². The van der Waals surface area contributed by atoms with Crippen molar-refractivity contribution < 1.29 is 4.42 Å². The number of rotatable bonds is 2. The fourth-order valence-corrected chi connectivity index (χ4v) is 3.56. The molecule has 1 aliphatic rings. The molecule has 3 rings (SSSR count). The first kappa shape index (κ1) is 14.0. The zero-order valence-corrected chi connectivity index (χ0v) is 13.0. The Morgan fingerprint density at radius 3 is 2.85 bits per heavy atom. The van der Waals surface area contributed by atoms with Crippen LogP contribution in [0.2, 0.25) is 5.02 Å². The second-order valence-corrected chi connectivity index (χ2v) is 6.54. The molecule has 1 aliphatic heterocycles. The van der Waals surface area contributed by atoms with E-state index in [1.54, 1.807) is 0 Å². The quantitative estimate of drug-likeness (QED) is 0.832. The zero-order chi connectivity index (χ0) is 14.2. The van der Waals surface area contributed by atoms with Gasteiger partial charge in [-0.15, -0.1) is 0 Å². The highest BCUT2D eigenvalue weighted by atomic mass is 35.5. The van der Waals surface area contributed by atoms with Crippen LogP contribution in [0.25, 0.3) is 11.0 Å². The van der Waals surface area contributed by atoms with Crippen molar-refractivity contribution in [2.45, 2.75) is 45.1 Å². The van der Waals surface area contributed by atoms with Crippen molar-refractivity contribution in [1.29, 1.82) is 0 Å². The summed E-state index contributed by atoms with van der Waals surface area (Å²) in [6, 6.07) is 8.10.